The number of nitrogens with zero attached hydrogens (tertiary/aromatic N) is 2. The van der Waals surface area contributed by atoms with Crippen LogP contribution < -0.4 is 16.0 Å². The van der Waals surface area contributed by atoms with Crippen LogP contribution in [0.25, 0.3) is 5.57 Å². The first-order valence-corrected chi connectivity index (χ1v) is 18.1. The van der Waals surface area contributed by atoms with Gasteiger partial charge in [0.2, 0.25) is 0 Å². The highest BCUT2D eigenvalue weighted by Gasteiger charge is 2.55. The molecule has 268 valence electrons. The number of esters is 1. The number of nitrogens with one attached hydrogen (secondary N) is 3. The minimum absolute atomic E-state index is 0.0308. The van der Waals surface area contributed by atoms with Gasteiger partial charge in [-0.15, -0.1) is 23.1 Å². The smallest absolute Gasteiger partial charge is 0.413 e. The monoisotopic (exact) mass is 733 g/mol. The predicted molar refractivity (Wildman–Crippen MR) is 194 cm³/mol. The molecule has 15 heteroatoms. The summed E-state index contributed by atoms with van der Waals surface area (Å²) in [5.74, 6) is -1.61. The highest BCUT2D eigenvalue weighted by molar-refractivity contribution is 8.00. The standard InChI is InChI=1S/C36H39N5O8S2/c1-6-13-24(25-20-51-33(38-25)40-35(46)49-36(2,3)4)29(42)39-26-30(43)41-27(23(19-50-31(26)41)18-47-34(45)37-5)32(44)48-28(21-14-9-7-10-15-21)22-16-11-8-12-17-22/h7-17,20,26,28,31H,6,18-19H2,1-5H3,(H,37,45)(H,39,42)(H,38,40,46)/b24-13+/t26-,31-/m1/s1. The summed E-state index contributed by atoms with van der Waals surface area (Å²) >= 11 is 2.45. The number of fused-ring (bicyclic) bond motifs is 1. The Morgan fingerprint density at radius 2 is 1.67 bits per heavy atom. The van der Waals surface area contributed by atoms with Gasteiger partial charge in [-0.2, -0.15) is 0 Å². The maximum Gasteiger partial charge on any atom is 0.413 e. The normalized spacial score (nSPS) is 17.3. The maximum absolute atomic E-state index is 14.1. The lowest BCUT2D eigenvalue weighted by atomic mass is 10.0. The van der Waals surface area contributed by atoms with Crippen molar-refractivity contribution in [2.75, 3.05) is 24.7 Å². The van der Waals surface area contributed by atoms with Gasteiger partial charge in [0, 0.05) is 23.8 Å². The molecule has 1 aromatic heterocycles. The number of benzene rings is 2. The Morgan fingerprint density at radius 3 is 2.25 bits per heavy atom. The predicted octanol–water partition coefficient (Wildman–Crippen LogP) is 5.63. The van der Waals surface area contributed by atoms with E-state index in [0.717, 1.165) is 22.5 Å². The number of aromatic nitrogens is 1. The van der Waals surface area contributed by atoms with Crippen LogP contribution in [0.5, 0.6) is 0 Å². The van der Waals surface area contributed by atoms with Gasteiger partial charge < -0.3 is 24.8 Å². The van der Waals surface area contributed by atoms with Gasteiger partial charge >= 0.3 is 18.2 Å². The van der Waals surface area contributed by atoms with Gasteiger partial charge in [0.25, 0.3) is 11.8 Å². The zero-order valence-corrected chi connectivity index (χ0v) is 30.4. The lowest BCUT2D eigenvalue weighted by Crippen LogP contribution is -2.70. The zero-order valence-electron chi connectivity index (χ0n) is 28.8. The van der Waals surface area contributed by atoms with Crippen molar-refractivity contribution in [1.82, 2.24) is 20.5 Å². The summed E-state index contributed by atoms with van der Waals surface area (Å²) < 4.78 is 16.7. The number of allylic oxidation sites excluding steroid dienone is 1. The van der Waals surface area contributed by atoms with Crippen molar-refractivity contribution < 1.29 is 38.2 Å². The van der Waals surface area contributed by atoms with Crippen LogP contribution in [-0.4, -0.2) is 76.3 Å². The van der Waals surface area contributed by atoms with Gasteiger partial charge in [-0.25, -0.2) is 19.4 Å². The molecule has 0 radical (unpaired) electrons. The number of hydrogen-bond donors (Lipinski definition) is 3. The molecular formula is C36H39N5O8S2. The fourth-order valence-corrected chi connectivity index (χ4v) is 7.36. The van der Waals surface area contributed by atoms with Gasteiger partial charge in [0.15, 0.2) is 11.2 Å². The third-order valence-corrected chi connectivity index (χ3v) is 9.68. The fraction of sp³-hybridized carbons (Fsp3) is 0.333. The summed E-state index contributed by atoms with van der Waals surface area (Å²) in [6, 6.07) is 17.5. The molecule has 0 aliphatic carbocycles. The number of rotatable bonds is 11. The van der Waals surface area contributed by atoms with Gasteiger partial charge in [0.05, 0.1) is 11.3 Å². The molecule has 0 spiro atoms. The second-order valence-corrected chi connectivity index (χ2v) is 14.4. The Bertz CT molecular complexity index is 1800. The van der Waals surface area contributed by atoms with Gasteiger partial charge in [-0.3, -0.25) is 19.8 Å². The number of anilines is 1. The van der Waals surface area contributed by atoms with E-state index >= 15 is 0 Å². The summed E-state index contributed by atoms with van der Waals surface area (Å²) in [6.45, 7) is 6.84. The Hall–Kier alpha value is -5.15. The summed E-state index contributed by atoms with van der Waals surface area (Å²) in [4.78, 5) is 71.5. The number of hydrogen-bond acceptors (Lipinski definition) is 11. The summed E-state index contributed by atoms with van der Waals surface area (Å²) in [5.41, 5.74) is 1.65. The van der Waals surface area contributed by atoms with Crippen LogP contribution in [0, 0.1) is 0 Å². The minimum atomic E-state index is -0.969. The van der Waals surface area contributed by atoms with Gasteiger partial charge in [-0.05, 0) is 38.3 Å². The number of β-lactam (4-membered cyclic amide) rings is 1. The molecule has 3 N–H and O–H groups in total. The Balaban J connectivity index is 1.36. The Labute approximate surface area is 303 Å². The van der Waals surface area contributed by atoms with E-state index in [1.54, 1.807) is 32.2 Å². The fourth-order valence-electron chi connectivity index (χ4n) is 5.34. The molecule has 3 aromatic rings. The van der Waals surface area contributed by atoms with Gasteiger partial charge in [0.1, 0.15) is 29.3 Å². The van der Waals surface area contributed by atoms with E-state index in [9.17, 15) is 24.0 Å². The minimum Gasteiger partial charge on any atom is -0.448 e. The van der Waals surface area contributed by atoms with Crippen molar-refractivity contribution in [3.05, 3.63) is 100 Å². The molecule has 2 aliphatic heterocycles. The first kappa shape index (κ1) is 37.1. The third kappa shape index (κ3) is 8.96. The number of thiazole rings is 1. The average molecular weight is 734 g/mol. The van der Waals surface area contributed by atoms with Crippen molar-refractivity contribution in [3.63, 3.8) is 0 Å². The first-order chi connectivity index (χ1) is 24.4. The third-order valence-electron chi connectivity index (χ3n) is 7.58. The first-order valence-electron chi connectivity index (χ1n) is 16.2. The molecule has 4 amide bonds. The van der Waals surface area contributed by atoms with Crippen molar-refractivity contribution >= 4 is 63.8 Å². The number of carbonyl (C=O) groups is 5. The molecule has 0 unspecified atom stereocenters. The number of carbonyl (C=O) groups excluding carboxylic acids is 5. The van der Waals surface area contributed by atoms with Crippen LogP contribution in [0.3, 0.4) is 0 Å². The molecule has 2 aromatic carbocycles. The van der Waals surface area contributed by atoms with E-state index < -0.39 is 53.1 Å². The molecule has 2 aliphatic rings. The quantitative estimate of drug-likeness (QED) is 0.0974. The molecular weight excluding hydrogens is 695 g/mol. The lowest BCUT2D eigenvalue weighted by Gasteiger charge is -2.49. The van der Waals surface area contributed by atoms with Crippen LogP contribution in [-0.2, 0) is 28.6 Å². The number of alkyl carbamates (subject to hydrolysis) is 1. The molecule has 0 bridgehead atoms. The molecule has 0 saturated carbocycles. The largest absolute Gasteiger partial charge is 0.448 e. The van der Waals surface area contributed by atoms with E-state index in [0.29, 0.717) is 17.7 Å². The maximum atomic E-state index is 14.1. The summed E-state index contributed by atoms with van der Waals surface area (Å²) in [6.07, 6.45) is 0.0132. The second kappa shape index (κ2) is 16.2. The van der Waals surface area contributed by atoms with Crippen molar-refractivity contribution in [2.45, 2.75) is 57.2 Å². The highest BCUT2D eigenvalue weighted by atomic mass is 32.2. The van der Waals surface area contributed by atoms with Crippen LogP contribution in [0.1, 0.15) is 57.0 Å². The number of thioether (sulfide) groups is 1. The van der Waals surface area contributed by atoms with Crippen molar-refractivity contribution in [1.29, 1.82) is 0 Å². The van der Waals surface area contributed by atoms with E-state index in [1.807, 2.05) is 67.6 Å². The topological polar surface area (TPSA) is 165 Å². The molecule has 1 fully saturated rings. The lowest BCUT2D eigenvalue weighted by molar-refractivity contribution is -0.154. The second-order valence-electron chi connectivity index (χ2n) is 12.4. The van der Waals surface area contributed by atoms with Crippen LogP contribution in [0.15, 0.2) is 83.4 Å². The van der Waals surface area contributed by atoms with E-state index in [-0.39, 0.29) is 28.8 Å². The van der Waals surface area contributed by atoms with Gasteiger partial charge in [-0.1, -0.05) is 73.7 Å². The van der Waals surface area contributed by atoms with Crippen LogP contribution in [0.4, 0.5) is 14.7 Å². The summed E-state index contributed by atoms with van der Waals surface area (Å²) in [7, 11) is 1.42. The van der Waals surface area contributed by atoms with Crippen molar-refractivity contribution in [2.24, 2.45) is 0 Å². The Morgan fingerprint density at radius 1 is 1.02 bits per heavy atom. The van der Waals surface area contributed by atoms with E-state index in [1.165, 1.54) is 23.7 Å². The Kier molecular flexibility index (Phi) is 11.8. The van der Waals surface area contributed by atoms with Crippen molar-refractivity contribution in [3.8, 4) is 0 Å². The van der Waals surface area contributed by atoms with E-state index in [4.69, 9.17) is 14.2 Å². The molecule has 51 heavy (non-hydrogen) atoms. The molecule has 2 atom stereocenters. The SMILES string of the molecule is CC/C=C(/C(=O)N[C@@H]1C(=O)N2C(C(=O)OC(c3ccccc3)c3ccccc3)=C(COC(=O)NC)CS[C@H]12)c1csc(NC(=O)OC(C)(C)C)n1. The molecule has 1 saturated heterocycles. The molecule has 5 rings (SSSR count). The number of amides is 4. The highest BCUT2D eigenvalue weighted by Crippen LogP contribution is 2.42. The summed E-state index contributed by atoms with van der Waals surface area (Å²) in [5, 5.41) is 9.01. The molecule has 13 nitrogen and oxygen atoms in total. The van der Waals surface area contributed by atoms with E-state index in [2.05, 4.69) is 20.9 Å². The van der Waals surface area contributed by atoms with Crippen LogP contribution in [0.2, 0.25) is 0 Å². The van der Waals surface area contributed by atoms with Crippen LogP contribution >= 0.6 is 23.1 Å². The average Bonchev–Trinajstić information content (AvgIpc) is 3.57. The number of ether oxygens (including phenoxy) is 3. The molecule has 3 heterocycles. The zero-order chi connectivity index (χ0) is 36.7.